The number of alkyl halides is 1. The molecular formula is C17H19FN2O6. The predicted molar refractivity (Wildman–Crippen MR) is 86.3 cm³/mol. The molecule has 2 aliphatic rings. The Labute approximate surface area is 149 Å². The Morgan fingerprint density at radius 2 is 2.08 bits per heavy atom. The molecule has 2 aliphatic heterocycles. The highest BCUT2D eigenvalue weighted by atomic mass is 19.1. The topological polar surface area (TPSA) is 94.2 Å². The average Bonchev–Trinajstić information content (AvgIpc) is 3.00. The lowest BCUT2D eigenvalue weighted by molar-refractivity contribution is -0.123. The smallest absolute Gasteiger partial charge is 0.338 e. The molecule has 3 amide bonds. The number of imide groups is 1. The molecule has 3 rings (SSSR count). The molecule has 26 heavy (non-hydrogen) atoms. The fourth-order valence-electron chi connectivity index (χ4n) is 2.85. The number of carbonyl (C=O) groups is 3. The molecule has 2 heterocycles. The Hall–Kier alpha value is -2.68. The fraction of sp³-hybridized carbons (Fsp3) is 0.471. The number of rotatable bonds is 5. The first-order chi connectivity index (χ1) is 12.5. The van der Waals surface area contributed by atoms with Crippen molar-refractivity contribution in [1.82, 2.24) is 10.2 Å². The van der Waals surface area contributed by atoms with Gasteiger partial charge in [-0.3, -0.25) is 15.0 Å². The predicted octanol–water partition coefficient (Wildman–Crippen LogP) is 1.25. The van der Waals surface area contributed by atoms with Gasteiger partial charge in [-0.15, -0.1) is 0 Å². The highest BCUT2D eigenvalue weighted by Crippen LogP contribution is 2.27. The maximum atomic E-state index is 14.2. The molecule has 2 fully saturated rings. The van der Waals surface area contributed by atoms with E-state index in [1.807, 2.05) is 0 Å². The summed E-state index contributed by atoms with van der Waals surface area (Å²) in [4.78, 5) is 36.3. The first kappa shape index (κ1) is 18.1. The Morgan fingerprint density at radius 3 is 2.73 bits per heavy atom. The van der Waals surface area contributed by atoms with Gasteiger partial charge in [-0.25, -0.2) is 14.0 Å². The summed E-state index contributed by atoms with van der Waals surface area (Å²) in [6, 6.07) is 5.72. The van der Waals surface area contributed by atoms with E-state index in [0.717, 1.165) is 0 Å². The standard InChI is InChI=1S/C17H19FN2O6/c1-24-11-4-2-10(3-5-11)16(22)25-9-13-12(18)8-15(26-13)20-7-6-14(21)19-17(20)23/h2-5,12-13,15H,6-9H2,1H3,(H,19,21,23)/t12-,13+,15+/m0/s1. The summed E-state index contributed by atoms with van der Waals surface area (Å²) in [5.41, 5.74) is 0.310. The molecule has 9 heteroatoms. The number of halogens is 1. The van der Waals surface area contributed by atoms with Crippen molar-refractivity contribution in [2.24, 2.45) is 0 Å². The molecule has 140 valence electrons. The Kier molecular flexibility index (Phi) is 5.36. The zero-order chi connectivity index (χ0) is 18.7. The van der Waals surface area contributed by atoms with Gasteiger partial charge in [-0.1, -0.05) is 0 Å². The second kappa shape index (κ2) is 7.69. The van der Waals surface area contributed by atoms with Crippen LogP contribution in [-0.2, 0) is 14.3 Å². The SMILES string of the molecule is COc1ccc(C(=O)OC[C@H]2O[C@@H](N3CCC(=O)NC3=O)C[C@@H]2F)cc1. The lowest BCUT2D eigenvalue weighted by Gasteiger charge is -2.31. The number of urea groups is 1. The molecule has 0 radical (unpaired) electrons. The summed E-state index contributed by atoms with van der Waals surface area (Å²) in [5, 5.41) is 2.17. The van der Waals surface area contributed by atoms with Crippen LogP contribution in [0.25, 0.3) is 0 Å². The van der Waals surface area contributed by atoms with Gasteiger partial charge in [0.25, 0.3) is 0 Å². The van der Waals surface area contributed by atoms with Gasteiger partial charge < -0.3 is 14.2 Å². The van der Waals surface area contributed by atoms with Crippen molar-refractivity contribution in [3.8, 4) is 5.75 Å². The van der Waals surface area contributed by atoms with Crippen molar-refractivity contribution in [2.75, 3.05) is 20.3 Å². The molecule has 0 bridgehead atoms. The minimum Gasteiger partial charge on any atom is -0.497 e. The maximum Gasteiger partial charge on any atom is 0.338 e. The number of nitrogens with one attached hydrogen (secondary N) is 1. The van der Waals surface area contributed by atoms with E-state index in [1.54, 1.807) is 24.3 Å². The van der Waals surface area contributed by atoms with Crippen molar-refractivity contribution in [2.45, 2.75) is 31.3 Å². The fourth-order valence-corrected chi connectivity index (χ4v) is 2.85. The van der Waals surface area contributed by atoms with Crippen molar-refractivity contribution in [3.63, 3.8) is 0 Å². The van der Waals surface area contributed by atoms with E-state index in [1.165, 1.54) is 12.0 Å². The van der Waals surface area contributed by atoms with Crippen molar-refractivity contribution < 1.29 is 33.0 Å². The molecule has 0 aliphatic carbocycles. The quantitative estimate of drug-likeness (QED) is 0.788. The largest absolute Gasteiger partial charge is 0.497 e. The number of esters is 1. The summed E-state index contributed by atoms with van der Waals surface area (Å²) < 4.78 is 29.8. The van der Waals surface area contributed by atoms with Crippen LogP contribution >= 0.6 is 0 Å². The van der Waals surface area contributed by atoms with E-state index < -0.39 is 30.5 Å². The monoisotopic (exact) mass is 366 g/mol. The van der Waals surface area contributed by atoms with Crippen molar-refractivity contribution in [1.29, 1.82) is 0 Å². The number of benzene rings is 1. The van der Waals surface area contributed by atoms with Gasteiger partial charge in [0.05, 0.1) is 12.7 Å². The number of hydrogen-bond donors (Lipinski definition) is 1. The zero-order valence-electron chi connectivity index (χ0n) is 14.1. The third-order valence-electron chi connectivity index (χ3n) is 4.30. The van der Waals surface area contributed by atoms with Crippen LogP contribution in [0.2, 0.25) is 0 Å². The molecule has 3 atom stereocenters. The van der Waals surface area contributed by atoms with Crippen LogP contribution in [-0.4, -0.2) is 61.6 Å². The van der Waals surface area contributed by atoms with Gasteiger partial charge in [0, 0.05) is 19.4 Å². The summed E-state index contributed by atoms with van der Waals surface area (Å²) in [5.74, 6) is -0.370. The molecule has 0 saturated carbocycles. The molecule has 1 aromatic carbocycles. The average molecular weight is 366 g/mol. The van der Waals surface area contributed by atoms with Crippen molar-refractivity contribution >= 4 is 17.9 Å². The lowest BCUT2D eigenvalue weighted by Crippen LogP contribution is -2.53. The normalized spacial score (nSPS) is 25.8. The Balaban J connectivity index is 1.52. The molecule has 2 saturated heterocycles. The lowest BCUT2D eigenvalue weighted by atomic mass is 10.2. The van der Waals surface area contributed by atoms with Gasteiger partial charge in [-0.05, 0) is 24.3 Å². The van der Waals surface area contributed by atoms with Gasteiger partial charge in [0.1, 0.15) is 30.9 Å². The third-order valence-corrected chi connectivity index (χ3v) is 4.30. The zero-order valence-corrected chi connectivity index (χ0v) is 14.1. The van der Waals surface area contributed by atoms with Crippen LogP contribution in [0, 0.1) is 0 Å². The summed E-state index contributed by atoms with van der Waals surface area (Å²) in [6.45, 7) is -0.0999. The second-order valence-corrected chi connectivity index (χ2v) is 6.00. The third kappa shape index (κ3) is 3.93. The highest BCUT2D eigenvalue weighted by Gasteiger charge is 2.42. The minimum absolute atomic E-state index is 0.0354. The van der Waals surface area contributed by atoms with Crippen LogP contribution < -0.4 is 10.1 Å². The maximum absolute atomic E-state index is 14.2. The first-order valence-corrected chi connectivity index (χ1v) is 8.19. The van der Waals surface area contributed by atoms with Crippen LogP contribution in [0.4, 0.5) is 9.18 Å². The van der Waals surface area contributed by atoms with Gasteiger partial charge in [0.2, 0.25) is 5.91 Å². The molecular weight excluding hydrogens is 347 g/mol. The van der Waals surface area contributed by atoms with Crippen LogP contribution in [0.15, 0.2) is 24.3 Å². The van der Waals surface area contributed by atoms with E-state index in [9.17, 15) is 18.8 Å². The number of hydrogen-bond acceptors (Lipinski definition) is 6. The molecule has 0 aromatic heterocycles. The van der Waals surface area contributed by atoms with Gasteiger partial charge in [-0.2, -0.15) is 0 Å². The number of methoxy groups -OCH3 is 1. The minimum atomic E-state index is -1.38. The molecule has 1 aromatic rings. The summed E-state index contributed by atoms with van der Waals surface area (Å²) >= 11 is 0. The highest BCUT2D eigenvalue weighted by molar-refractivity contribution is 5.96. The van der Waals surface area contributed by atoms with E-state index in [4.69, 9.17) is 14.2 Å². The van der Waals surface area contributed by atoms with Gasteiger partial charge in [0.15, 0.2) is 0 Å². The Bertz CT molecular complexity index is 695. The summed E-state index contributed by atoms with van der Waals surface area (Å²) in [7, 11) is 1.51. The number of ether oxygens (including phenoxy) is 3. The van der Waals surface area contributed by atoms with Crippen LogP contribution in [0.3, 0.4) is 0 Å². The molecule has 0 spiro atoms. The molecule has 1 N–H and O–H groups in total. The number of carbonyl (C=O) groups excluding carboxylic acids is 3. The van der Waals surface area contributed by atoms with Gasteiger partial charge >= 0.3 is 12.0 Å². The van der Waals surface area contributed by atoms with Crippen LogP contribution in [0.1, 0.15) is 23.2 Å². The van der Waals surface area contributed by atoms with E-state index in [-0.39, 0.29) is 31.9 Å². The van der Waals surface area contributed by atoms with E-state index in [0.29, 0.717) is 11.3 Å². The number of amides is 3. The van der Waals surface area contributed by atoms with Crippen molar-refractivity contribution in [3.05, 3.63) is 29.8 Å². The van der Waals surface area contributed by atoms with E-state index >= 15 is 0 Å². The van der Waals surface area contributed by atoms with Crippen LogP contribution in [0.5, 0.6) is 5.75 Å². The first-order valence-electron chi connectivity index (χ1n) is 8.19. The number of nitrogens with zero attached hydrogens (tertiary/aromatic N) is 1. The molecule has 0 unspecified atom stereocenters. The second-order valence-electron chi connectivity index (χ2n) is 6.00. The van der Waals surface area contributed by atoms with E-state index in [2.05, 4.69) is 5.32 Å². The summed E-state index contributed by atoms with van der Waals surface area (Å²) in [6.07, 6.45) is -3.03. The Morgan fingerprint density at radius 1 is 1.35 bits per heavy atom. The molecule has 8 nitrogen and oxygen atoms in total.